The Morgan fingerprint density at radius 3 is 2.30 bits per heavy atom. The zero-order chi connectivity index (χ0) is 19.3. The molecular formula is C20H21BrN2O4. The van der Waals surface area contributed by atoms with Crippen LogP contribution in [0.15, 0.2) is 48.5 Å². The molecule has 1 amide bonds. The number of nitrogens with one attached hydrogen (secondary N) is 1. The van der Waals surface area contributed by atoms with E-state index in [1.165, 1.54) is 12.1 Å². The number of non-ortho nitro benzene ring substituents is 1. The van der Waals surface area contributed by atoms with Crippen LogP contribution < -0.4 is 10.1 Å². The molecule has 0 atom stereocenters. The lowest BCUT2D eigenvalue weighted by Gasteiger charge is -2.28. The third kappa shape index (κ3) is 4.30. The second kappa shape index (κ2) is 8.52. The SMILES string of the molecule is O=C(Nc1ccc(OCCBr)cc1)C1(c2ccc([N+](=O)[O-])cc2)CCCC1. The molecule has 1 fully saturated rings. The molecule has 2 aromatic rings. The average molecular weight is 433 g/mol. The van der Waals surface area contributed by atoms with Crippen LogP contribution in [0.3, 0.4) is 0 Å². The molecule has 27 heavy (non-hydrogen) atoms. The Labute approximate surface area is 166 Å². The van der Waals surface area contributed by atoms with Gasteiger partial charge in [0.05, 0.1) is 16.9 Å². The number of hydrogen-bond acceptors (Lipinski definition) is 4. The van der Waals surface area contributed by atoms with Crippen molar-refractivity contribution in [3.63, 3.8) is 0 Å². The monoisotopic (exact) mass is 432 g/mol. The Kier molecular flexibility index (Phi) is 6.11. The number of nitro benzene ring substituents is 1. The van der Waals surface area contributed by atoms with Gasteiger partial charge < -0.3 is 10.1 Å². The van der Waals surface area contributed by atoms with E-state index in [0.717, 1.165) is 42.3 Å². The molecule has 1 aliphatic carbocycles. The van der Waals surface area contributed by atoms with Crippen molar-refractivity contribution < 1.29 is 14.5 Å². The topological polar surface area (TPSA) is 81.5 Å². The molecule has 1 saturated carbocycles. The lowest BCUT2D eigenvalue weighted by molar-refractivity contribution is -0.384. The van der Waals surface area contributed by atoms with Crippen LogP contribution >= 0.6 is 15.9 Å². The van der Waals surface area contributed by atoms with E-state index in [9.17, 15) is 14.9 Å². The van der Waals surface area contributed by atoms with Crippen molar-refractivity contribution in [3.8, 4) is 5.75 Å². The highest BCUT2D eigenvalue weighted by atomic mass is 79.9. The largest absolute Gasteiger partial charge is 0.493 e. The van der Waals surface area contributed by atoms with E-state index in [4.69, 9.17) is 4.74 Å². The van der Waals surface area contributed by atoms with E-state index in [1.807, 2.05) is 24.3 Å². The van der Waals surface area contributed by atoms with Crippen LogP contribution in [-0.4, -0.2) is 22.8 Å². The van der Waals surface area contributed by atoms with Gasteiger partial charge in [-0.05, 0) is 42.7 Å². The number of carbonyl (C=O) groups is 1. The molecule has 1 N–H and O–H groups in total. The minimum atomic E-state index is -0.639. The molecule has 0 bridgehead atoms. The summed E-state index contributed by atoms with van der Waals surface area (Å²) in [4.78, 5) is 23.6. The second-order valence-electron chi connectivity index (χ2n) is 6.61. The van der Waals surface area contributed by atoms with Gasteiger partial charge in [-0.2, -0.15) is 0 Å². The first kappa shape index (κ1) is 19.4. The van der Waals surface area contributed by atoms with Crippen LogP contribution in [0.5, 0.6) is 5.75 Å². The van der Waals surface area contributed by atoms with Gasteiger partial charge >= 0.3 is 0 Å². The number of rotatable bonds is 7. The molecule has 0 heterocycles. The highest BCUT2D eigenvalue weighted by Gasteiger charge is 2.42. The van der Waals surface area contributed by atoms with Gasteiger partial charge in [0.2, 0.25) is 5.91 Å². The van der Waals surface area contributed by atoms with Crippen LogP contribution in [0.25, 0.3) is 0 Å². The third-order valence-electron chi connectivity index (χ3n) is 4.98. The lowest BCUT2D eigenvalue weighted by Crippen LogP contribution is -2.37. The summed E-state index contributed by atoms with van der Waals surface area (Å²) >= 11 is 3.31. The fourth-order valence-electron chi connectivity index (χ4n) is 3.57. The number of nitro groups is 1. The number of anilines is 1. The molecule has 142 valence electrons. The fourth-order valence-corrected chi connectivity index (χ4v) is 3.73. The maximum absolute atomic E-state index is 13.1. The van der Waals surface area contributed by atoms with E-state index < -0.39 is 10.3 Å². The summed E-state index contributed by atoms with van der Waals surface area (Å²) in [5, 5.41) is 14.7. The van der Waals surface area contributed by atoms with E-state index >= 15 is 0 Å². The van der Waals surface area contributed by atoms with E-state index in [2.05, 4.69) is 21.2 Å². The molecule has 1 aliphatic rings. The zero-order valence-corrected chi connectivity index (χ0v) is 16.4. The summed E-state index contributed by atoms with van der Waals surface area (Å²) in [5.74, 6) is 0.682. The summed E-state index contributed by atoms with van der Waals surface area (Å²) < 4.78 is 5.52. The summed E-state index contributed by atoms with van der Waals surface area (Å²) in [6.45, 7) is 0.578. The Bertz CT molecular complexity index is 800. The van der Waals surface area contributed by atoms with Gasteiger partial charge in [0.25, 0.3) is 5.69 Å². The number of ether oxygens (including phenoxy) is 1. The Morgan fingerprint density at radius 2 is 1.74 bits per heavy atom. The standard InChI is InChI=1S/C20H21BrN2O4/c21-13-14-27-18-9-5-16(6-10-18)22-19(24)20(11-1-2-12-20)15-3-7-17(8-4-15)23(25)26/h3-10H,1-2,11-14H2,(H,22,24). The maximum atomic E-state index is 13.1. The minimum absolute atomic E-state index is 0.0337. The first-order chi connectivity index (χ1) is 13.0. The normalized spacial score (nSPS) is 15.3. The first-order valence-electron chi connectivity index (χ1n) is 8.90. The predicted molar refractivity (Wildman–Crippen MR) is 108 cm³/mol. The molecule has 0 unspecified atom stereocenters. The predicted octanol–water partition coefficient (Wildman–Crippen LogP) is 4.82. The molecule has 0 radical (unpaired) electrons. The van der Waals surface area contributed by atoms with Crippen molar-refractivity contribution >= 4 is 33.2 Å². The number of hydrogen-bond donors (Lipinski definition) is 1. The zero-order valence-electron chi connectivity index (χ0n) is 14.8. The minimum Gasteiger partial charge on any atom is -0.493 e. The number of halogens is 1. The maximum Gasteiger partial charge on any atom is 0.269 e. The van der Waals surface area contributed by atoms with E-state index in [-0.39, 0.29) is 11.6 Å². The number of benzene rings is 2. The summed E-state index contributed by atoms with van der Waals surface area (Å²) in [6.07, 6.45) is 3.40. The molecule has 7 heteroatoms. The average Bonchev–Trinajstić information content (AvgIpc) is 3.19. The third-order valence-corrected chi connectivity index (χ3v) is 5.30. The number of alkyl halides is 1. The molecule has 3 rings (SSSR count). The molecule has 0 aromatic heterocycles. The molecule has 0 spiro atoms. The molecule has 6 nitrogen and oxygen atoms in total. The highest BCUT2D eigenvalue weighted by Crippen LogP contribution is 2.42. The molecule has 0 aliphatic heterocycles. The van der Waals surface area contributed by atoms with Gasteiger partial charge in [0.15, 0.2) is 0 Å². The number of carbonyl (C=O) groups excluding carboxylic acids is 1. The molecule has 2 aromatic carbocycles. The highest BCUT2D eigenvalue weighted by molar-refractivity contribution is 9.09. The van der Waals surface area contributed by atoms with Crippen LogP contribution in [0.4, 0.5) is 11.4 Å². The van der Waals surface area contributed by atoms with E-state index in [1.54, 1.807) is 12.1 Å². The number of amides is 1. The molecular weight excluding hydrogens is 412 g/mol. The number of nitrogens with zero attached hydrogens (tertiary/aromatic N) is 1. The van der Waals surface area contributed by atoms with Gasteiger partial charge in [-0.25, -0.2) is 0 Å². The van der Waals surface area contributed by atoms with Crippen molar-refractivity contribution in [1.29, 1.82) is 0 Å². The van der Waals surface area contributed by atoms with Gasteiger partial charge in [-0.3, -0.25) is 14.9 Å². The van der Waals surface area contributed by atoms with Gasteiger partial charge in [0.1, 0.15) is 5.75 Å². The second-order valence-corrected chi connectivity index (χ2v) is 7.40. The van der Waals surface area contributed by atoms with Crippen molar-refractivity contribution in [2.75, 3.05) is 17.3 Å². The Morgan fingerprint density at radius 1 is 1.11 bits per heavy atom. The molecule has 0 saturated heterocycles. The summed E-state index contributed by atoms with van der Waals surface area (Å²) in [6, 6.07) is 13.6. The van der Waals surface area contributed by atoms with Crippen LogP contribution in [0.1, 0.15) is 31.2 Å². The quantitative estimate of drug-likeness (QED) is 0.386. The fraction of sp³-hybridized carbons (Fsp3) is 0.350. The van der Waals surface area contributed by atoms with Crippen LogP contribution in [0, 0.1) is 10.1 Å². The van der Waals surface area contributed by atoms with Crippen molar-refractivity contribution in [2.24, 2.45) is 0 Å². The van der Waals surface area contributed by atoms with Crippen molar-refractivity contribution in [3.05, 3.63) is 64.2 Å². The van der Waals surface area contributed by atoms with Crippen molar-refractivity contribution in [1.82, 2.24) is 0 Å². The Hall–Kier alpha value is -2.41. The smallest absolute Gasteiger partial charge is 0.269 e. The van der Waals surface area contributed by atoms with Gasteiger partial charge in [-0.1, -0.05) is 40.9 Å². The van der Waals surface area contributed by atoms with Crippen molar-refractivity contribution in [2.45, 2.75) is 31.1 Å². The van der Waals surface area contributed by atoms with E-state index in [0.29, 0.717) is 12.3 Å². The lowest BCUT2D eigenvalue weighted by atomic mass is 9.78. The summed E-state index contributed by atoms with van der Waals surface area (Å²) in [7, 11) is 0. The van der Waals surface area contributed by atoms with Crippen LogP contribution in [0.2, 0.25) is 0 Å². The van der Waals surface area contributed by atoms with Crippen LogP contribution in [-0.2, 0) is 10.2 Å². The first-order valence-corrected chi connectivity index (χ1v) is 10.0. The Balaban J connectivity index is 1.78. The summed E-state index contributed by atoms with van der Waals surface area (Å²) in [5.41, 5.74) is 0.936. The van der Waals surface area contributed by atoms with Gasteiger partial charge in [0, 0.05) is 23.2 Å². The van der Waals surface area contributed by atoms with Gasteiger partial charge in [-0.15, -0.1) is 0 Å².